The fraction of sp³-hybridized carbons (Fsp3) is 0.361. The van der Waals surface area contributed by atoms with Crippen LogP contribution in [0.25, 0.3) is 10.9 Å². The monoisotopic (exact) mass is 645 g/mol. The Labute approximate surface area is 275 Å². The molecule has 4 N–H and O–H groups in total. The van der Waals surface area contributed by atoms with Crippen LogP contribution in [0.1, 0.15) is 38.8 Å². The Morgan fingerprint density at radius 1 is 0.935 bits per heavy atom. The van der Waals surface area contributed by atoms with Crippen LogP contribution in [0.4, 0.5) is 4.39 Å². The van der Waals surface area contributed by atoms with Crippen LogP contribution >= 0.6 is 11.9 Å². The standard InChI is InChI=1S/C36H44FN5O3S/c1-25(2)23-42(46-30-15-16-31-27(19-30)12-9-17-38-31)24-33(43)32(18-26-10-6-5-7-11-26)41-35(45)21-39-34(44)22-40-36(3,4)28-13-8-14-29(37)20-28/h5-17,19-20,25,32-33,40,43H,18,21-24H2,1-4H3,(H,39,44)(H,41,45). The van der Waals surface area contributed by atoms with Crippen LogP contribution in [0.5, 0.6) is 0 Å². The first-order valence-electron chi connectivity index (χ1n) is 15.6. The second-order valence-corrected chi connectivity index (χ2v) is 13.6. The van der Waals surface area contributed by atoms with Crippen LogP contribution < -0.4 is 16.0 Å². The number of aliphatic hydroxyl groups is 1. The van der Waals surface area contributed by atoms with Gasteiger partial charge in [-0.15, -0.1) is 0 Å². The number of aromatic nitrogens is 1. The van der Waals surface area contributed by atoms with Gasteiger partial charge in [-0.25, -0.2) is 8.70 Å². The quantitative estimate of drug-likeness (QED) is 0.126. The number of halogens is 1. The maximum Gasteiger partial charge on any atom is 0.239 e. The number of benzene rings is 3. The second-order valence-electron chi connectivity index (χ2n) is 12.4. The number of carbonyl (C=O) groups excluding carboxylic acids is 2. The first-order chi connectivity index (χ1) is 22.0. The predicted molar refractivity (Wildman–Crippen MR) is 183 cm³/mol. The fourth-order valence-electron chi connectivity index (χ4n) is 5.08. The zero-order valence-electron chi connectivity index (χ0n) is 26.9. The number of carbonyl (C=O) groups is 2. The third-order valence-corrected chi connectivity index (χ3v) is 8.58. The zero-order chi connectivity index (χ0) is 33.1. The van der Waals surface area contributed by atoms with Gasteiger partial charge in [0.25, 0.3) is 0 Å². The van der Waals surface area contributed by atoms with Gasteiger partial charge in [-0.3, -0.25) is 19.9 Å². The maximum absolute atomic E-state index is 13.7. The molecule has 2 atom stereocenters. The minimum Gasteiger partial charge on any atom is -0.390 e. The zero-order valence-corrected chi connectivity index (χ0v) is 27.7. The van der Waals surface area contributed by atoms with E-state index in [9.17, 15) is 19.1 Å². The molecule has 0 radical (unpaired) electrons. The molecule has 0 bridgehead atoms. The van der Waals surface area contributed by atoms with E-state index in [0.29, 0.717) is 24.4 Å². The topological polar surface area (TPSA) is 107 Å². The van der Waals surface area contributed by atoms with Crippen molar-refractivity contribution >= 4 is 34.7 Å². The van der Waals surface area contributed by atoms with Crippen LogP contribution in [-0.4, -0.2) is 64.5 Å². The number of fused-ring (bicyclic) bond motifs is 1. The summed E-state index contributed by atoms with van der Waals surface area (Å²) >= 11 is 1.57. The molecule has 1 heterocycles. The molecule has 0 spiro atoms. The van der Waals surface area contributed by atoms with E-state index in [2.05, 4.69) is 45.2 Å². The summed E-state index contributed by atoms with van der Waals surface area (Å²) in [6.45, 7) is 8.72. The lowest BCUT2D eigenvalue weighted by atomic mass is 9.94. The first kappa shape index (κ1) is 35.0. The minimum atomic E-state index is -0.887. The van der Waals surface area contributed by atoms with Gasteiger partial charge in [0.15, 0.2) is 0 Å². The Balaban J connectivity index is 1.37. The average Bonchev–Trinajstić information content (AvgIpc) is 3.02. The molecule has 0 saturated carbocycles. The summed E-state index contributed by atoms with van der Waals surface area (Å²) in [7, 11) is 0. The molecule has 0 aliphatic carbocycles. The molecule has 0 saturated heterocycles. The predicted octanol–water partition coefficient (Wildman–Crippen LogP) is 5.07. The molecule has 2 amide bonds. The van der Waals surface area contributed by atoms with Gasteiger partial charge in [-0.05, 0) is 85.7 Å². The number of nitrogens with zero attached hydrogens (tertiary/aromatic N) is 2. The van der Waals surface area contributed by atoms with Crippen molar-refractivity contribution in [2.45, 2.75) is 56.7 Å². The second kappa shape index (κ2) is 16.6. The van der Waals surface area contributed by atoms with Gasteiger partial charge in [0.05, 0.1) is 30.8 Å². The Morgan fingerprint density at radius 3 is 2.46 bits per heavy atom. The third kappa shape index (κ3) is 10.9. The summed E-state index contributed by atoms with van der Waals surface area (Å²) in [5.41, 5.74) is 1.95. The van der Waals surface area contributed by atoms with Crippen molar-refractivity contribution in [2.24, 2.45) is 5.92 Å². The van der Waals surface area contributed by atoms with E-state index < -0.39 is 23.6 Å². The summed E-state index contributed by atoms with van der Waals surface area (Å²) < 4.78 is 15.8. The summed E-state index contributed by atoms with van der Waals surface area (Å²) in [6.07, 6.45) is 1.31. The van der Waals surface area contributed by atoms with Crippen LogP contribution in [0.15, 0.2) is 96.0 Å². The maximum atomic E-state index is 13.7. The lowest BCUT2D eigenvalue weighted by Crippen LogP contribution is -2.52. The molecule has 10 heteroatoms. The average molecular weight is 646 g/mol. The van der Waals surface area contributed by atoms with Crippen LogP contribution in [0.3, 0.4) is 0 Å². The molecular formula is C36H44FN5O3S. The van der Waals surface area contributed by atoms with E-state index in [4.69, 9.17) is 0 Å². The summed E-state index contributed by atoms with van der Waals surface area (Å²) in [4.78, 5) is 31.1. The van der Waals surface area contributed by atoms with Crippen molar-refractivity contribution in [2.75, 3.05) is 26.2 Å². The minimum absolute atomic E-state index is 0.0565. The van der Waals surface area contributed by atoms with Gasteiger partial charge in [0.2, 0.25) is 11.8 Å². The van der Waals surface area contributed by atoms with Crippen molar-refractivity contribution in [3.8, 4) is 0 Å². The van der Waals surface area contributed by atoms with E-state index >= 15 is 0 Å². The highest BCUT2D eigenvalue weighted by Crippen LogP contribution is 2.27. The van der Waals surface area contributed by atoms with E-state index in [1.807, 2.05) is 68.4 Å². The van der Waals surface area contributed by atoms with Crippen molar-refractivity contribution in [1.29, 1.82) is 0 Å². The number of hydrogen-bond donors (Lipinski definition) is 4. The molecule has 0 fully saturated rings. The number of rotatable bonds is 16. The van der Waals surface area contributed by atoms with E-state index in [1.165, 1.54) is 12.1 Å². The molecule has 0 aliphatic heterocycles. The summed E-state index contributed by atoms with van der Waals surface area (Å²) in [5.74, 6) is -0.774. The van der Waals surface area contributed by atoms with Gasteiger partial charge in [-0.2, -0.15) is 0 Å². The first-order valence-corrected chi connectivity index (χ1v) is 16.3. The van der Waals surface area contributed by atoms with Gasteiger partial charge in [0, 0.05) is 35.1 Å². The number of amides is 2. The molecule has 244 valence electrons. The highest BCUT2D eigenvalue weighted by Gasteiger charge is 2.26. The molecule has 46 heavy (non-hydrogen) atoms. The number of aliphatic hydroxyl groups excluding tert-OH is 1. The van der Waals surface area contributed by atoms with Gasteiger partial charge >= 0.3 is 0 Å². The molecule has 4 aromatic rings. The van der Waals surface area contributed by atoms with Crippen LogP contribution in [0, 0.1) is 11.7 Å². The number of hydrogen-bond acceptors (Lipinski definition) is 7. The van der Waals surface area contributed by atoms with Crippen molar-refractivity contribution in [3.63, 3.8) is 0 Å². The fourth-order valence-corrected chi connectivity index (χ4v) is 6.29. The summed E-state index contributed by atoms with van der Waals surface area (Å²) in [6, 6.07) is 25.4. The highest BCUT2D eigenvalue weighted by atomic mass is 32.2. The Hall–Kier alpha value is -3.83. The van der Waals surface area contributed by atoms with E-state index in [-0.39, 0.29) is 24.8 Å². The molecule has 1 aromatic heterocycles. The molecule has 0 aliphatic rings. The largest absolute Gasteiger partial charge is 0.390 e. The van der Waals surface area contributed by atoms with E-state index in [0.717, 1.165) is 27.9 Å². The molecule has 8 nitrogen and oxygen atoms in total. The van der Waals surface area contributed by atoms with Gasteiger partial charge in [0.1, 0.15) is 5.82 Å². The molecule has 4 rings (SSSR count). The molecule has 2 unspecified atom stereocenters. The van der Waals surface area contributed by atoms with Crippen LogP contribution in [-0.2, 0) is 21.5 Å². The number of nitrogens with one attached hydrogen (secondary N) is 3. The third-order valence-electron chi connectivity index (χ3n) is 7.56. The van der Waals surface area contributed by atoms with Gasteiger partial charge < -0.3 is 15.7 Å². The molecule has 3 aromatic carbocycles. The van der Waals surface area contributed by atoms with Crippen LogP contribution in [0.2, 0.25) is 0 Å². The lowest BCUT2D eigenvalue weighted by molar-refractivity contribution is -0.126. The molecular weight excluding hydrogens is 601 g/mol. The Kier molecular flexibility index (Phi) is 12.7. The Bertz CT molecular complexity index is 1590. The lowest BCUT2D eigenvalue weighted by Gasteiger charge is -2.30. The van der Waals surface area contributed by atoms with E-state index in [1.54, 1.807) is 30.3 Å². The van der Waals surface area contributed by atoms with Crippen molar-refractivity contribution < 1.29 is 19.1 Å². The van der Waals surface area contributed by atoms with Gasteiger partial charge in [-0.1, -0.05) is 62.4 Å². The smallest absolute Gasteiger partial charge is 0.239 e. The normalized spacial score (nSPS) is 13.1. The SMILES string of the molecule is CC(C)CN(CC(O)C(Cc1ccccc1)NC(=O)CNC(=O)CNC(C)(C)c1cccc(F)c1)Sc1ccc2ncccc2c1. The number of pyridine rings is 1. The Morgan fingerprint density at radius 2 is 1.72 bits per heavy atom. The summed E-state index contributed by atoms with van der Waals surface area (Å²) in [5, 5.41) is 21.3. The van der Waals surface area contributed by atoms with Crippen molar-refractivity contribution in [3.05, 3.63) is 108 Å². The van der Waals surface area contributed by atoms with Crippen molar-refractivity contribution in [1.82, 2.24) is 25.2 Å². The highest BCUT2D eigenvalue weighted by molar-refractivity contribution is 7.97.